The molecule has 176 valence electrons. The predicted octanol–water partition coefficient (Wildman–Crippen LogP) is 6.43. The van der Waals surface area contributed by atoms with Gasteiger partial charge in [-0.2, -0.15) is 13.2 Å². The van der Waals surface area contributed by atoms with E-state index in [0.29, 0.717) is 28.7 Å². The molecule has 0 unspecified atom stereocenters. The Morgan fingerprint density at radius 2 is 1.88 bits per heavy atom. The third kappa shape index (κ3) is 4.96. The minimum absolute atomic E-state index is 0.241. The van der Waals surface area contributed by atoms with Crippen LogP contribution in [-0.4, -0.2) is 23.0 Å². The molecule has 9 heteroatoms. The Balaban J connectivity index is 1.56. The second kappa shape index (κ2) is 9.03. The number of nitrogens with zero attached hydrogens (tertiary/aromatic N) is 2. The molecule has 1 saturated carbocycles. The first kappa shape index (κ1) is 23.1. The molecular weight excluding hydrogens is 435 g/mol. The van der Waals surface area contributed by atoms with Gasteiger partial charge in [0.1, 0.15) is 22.7 Å². The smallest absolute Gasteiger partial charge is 0.433 e. The summed E-state index contributed by atoms with van der Waals surface area (Å²) >= 11 is 0. The Morgan fingerprint density at radius 3 is 2.52 bits per heavy atom. The molecule has 4 rings (SSSR count). The highest BCUT2D eigenvalue weighted by atomic mass is 19.4. The first-order chi connectivity index (χ1) is 15.7. The fraction of sp³-hybridized carbons (Fsp3) is 0.458. The molecule has 1 N–H and O–H groups in total. The van der Waals surface area contributed by atoms with Crippen LogP contribution in [0.3, 0.4) is 0 Å². The Labute approximate surface area is 189 Å². The maximum Gasteiger partial charge on any atom is 0.433 e. The lowest BCUT2D eigenvalue weighted by Gasteiger charge is -2.29. The van der Waals surface area contributed by atoms with Gasteiger partial charge in [-0.25, -0.2) is 9.97 Å². The number of oxazole rings is 1. The summed E-state index contributed by atoms with van der Waals surface area (Å²) in [5.74, 6) is 1.83. The van der Waals surface area contributed by atoms with Crippen molar-refractivity contribution in [1.29, 1.82) is 0 Å². The van der Waals surface area contributed by atoms with Crippen molar-refractivity contribution in [2.45, 2.75) is 51.6 Å². The fourth-order valence-corrected chi connectivity index (χ4v) is 4.35. The maximum absolute atomic E-state index is 12.9. The molecule has 1 aliphatic rings. The molecule has 1 amide bonds. The molecule has 1 fully saturated rings. The van der Waals surface area contributed by atoms with Gasteiger partial charge < -0.3 is 14.5 Å². The lowest BCUT2D eigenvalue weighted by atomic mass is 9.77. The first-order valence-corrected chi connectivity index (χ1v) is 11.0. The van der Waals surface area contributed by atoms with Gasteiger partial charge in [-0.3, -0.25) is 4.79 Å². The van der Waals surface area contributed by atoms with Gasteiger partial charge in [0.05, 0.1) is 12.8 Å². The van der Waals surface area contributed by atoms with E-state index in [4.69, 9.17) is 9.15 Å². The van der Waals surface area contributed by atoms with E-state index in [1.54, 1.807) is 12.1 Å². The molecule has 0 bridgehead atoms. The number of halogens is 3. The molecule has 1 aliphatic carbocycles. The maximum atomic E-state index is 12.9. The quantitative estimate of drug-likeness (QED) is 0.474. The summed E-state index contributed by atoms with van der Waals surface area (Å²) in [5, 5.41) is 2.57. The van der Waals surface area contributed by atoms with Gasteiger partial charge in [0.25, 0.3) is 5.91 Å². The molecule has 0 radical (unpaired) electrons. The zero-order chi connectivity index (χ0) is 23.8. The Kier molecular flexibility index (Phi) is 6.32. The van der Waals surface area contributed by atoms with Crippen molar-refractivity contribution in [3.63, 3.8) is 0 Å². The molecule has 33 heavy (non-hydrogen) atoms. The molecule has 0 saturated heterocycles. The largest absolute Gasteiger partial charge is 0.494 e. The molecule has 6 nitrogen and oxygen atoms in total. The first-order valence-electron chi connectivity index (χ1n) is 11.0. The predicted molar refractivity (Wildman–Crippen MR) is 117 cm³/mol. The van der Waals surface area contributed by atoms with E-state index in [0.717, 1.165) is 43.7 Å². The van der Waals surface area contributed by atoms with E-state index in [9.17, 15) is 18.0 Å². The molecule has 0 spiro atoms. The van der Waals surface area contributed by atoms with Crippen molar-refractivity contribution in [3.05, 3.63) is 47.6 Å². The van der Waals surface area contributed by atoms with Crippen molar-refractivity contribution in [2.75, 3.05) is 12.4 Å². The monoisotopic (exact) mass is 461 g/mol. The normalized spacial score (nSPS) is 19.1. The molecule has 2 aromatic heterocycles. The topological polar surface area (TPSA) is 77.3 Å². The van der Waals surface area contributed by atoms with Crippen LogP contribution >= 0.6 is 0 Å². The van der Waals surface area contributed by atoms with E-state index >= 15 is 0 Å². The van der Waals surface area contributed by atoms with Crippen LogP contribution < -0.4 is 10.1 Å². The van der Waals surface area contributed by atoms with E-state index in [2.05, 4.69) is 29.1 Å². The van der Waals surface area contributed by atoms with Crippen LogP contribution in [0, 0.1) is 11.8 Å². The number of benzene rings is 1. The summed E-state index contributed by atoms with van der Waals surface area (Å²) in [4.78, 5) is 20.7. The number of methoxy groups -OCH3 is 1. The van der Waals surface area contributed by atoms with Crippen LogP contribution in [0.4, 0.5) is 18.9 Å². The lowest BCUT2D eigenvalue weighted by Crippen LogP contribution is -2.17. The Bertz CT molecular complexity index is 1150. The number of fused-ring (bicyclic) bond motifs is 1. The number of nitrogens with one attached hydrogen (secondary N) is 1. The lowest BCUT2D eigenvalue weighted by molar-refractivity contribution is -0.141. The molecule has 2 heterocycles. The summed E-state index contributed by atoms with van der Waals surface area (Å²) in [7, 11) is 1.44. The van der Waals surface area contributed by atoms with Gasteiger partial charge in [-0.1, -0.05) is 19.9 Å². The number of pyridine rings is 1. The summed E-state index contributed by atoms with van der Waals surface area (Å²) in [6, 6.07) is 6.40. The minimum Gasteiger partial charge on any atom is -0.494 e. The highest BCUT2D eigenvalue weighted by Gasteiger charge is 2.33. The fourth-order valence-electron chi connectivity index (χ4n) is 4.35. The van der Waals surface area contributed by atoms with Gasteiger partial charge in [0.2, 0.25) is 0 Å². The van der Waals surface area contributed by atoms with E-state index in [-0.39, 0.29) is 17.3 Å². The van der Waals surface area contributed by atoms with Crippen LogP contribution in [0.5, 0.6) is 5.75 Å². The number of alkyl halides is 3. The molecule has 3 aromatic rings. The number of hydrogen-bond donors (Lipinski definition) is 1. The number of aromatic nitrogens is 2. The van der Waals surface area contributed by atoms with Crippen molar-refractivity contribution in [3.8, 4) is 5.75 Å². The van der Waals surface area contributed by atoms with Crippen LogP contribution in [0.1, 0.15) is 67.5 Å². The summed E-state index contributed by atoms with van der Waals surface area (Å²) in [6.45, 7) is 4.50. The van der Waals surface area contributed by atoms with E-state index < -0.39 is 17.8 Å². The number of hydrogen-bond acceptors (Lipinski definition) is 5. The number of rotatable bonds is 5. The highest BCUT2D eigenvalue weighted by Crippen LogP contribution is 2.40. The van der Waals surface area contributed by atoms with Gasteiger partial charge in [-0.05, 0) is 49.7 Å². The number of anilines is 1. The van der Waals surface area contributed by atoms with Crippen LogP contribution in [-0.2, 0) is 6.18 Å². The summed E-state index contributed by atoms with van der Waals surface area (Å²) in [5.41, 5.74) is -0.149. The Hall–Kier alpha value is -3.10. The second-order valence-electron chi connectivity index (χ2n) is 8.79. The Morgan fingerprint density at radius 1 is 1.15 bits per heavy atom. The third-order valence-electron chi connectivity index (χ3n) is 6.31. The standard InChI is InChI=1S/C24H26F3N3O3/c1-13(2)14-7-9-15(10-8-14)23-30-18-11-19(32-3)17(12-20(18)33-23)29-22(31)16-5-4-6-21(28-16)24(25,26)27/h4-6,11-15H,7-10H2,1-3H3,(H,29,31)/t14-,15-. The molecule has 1 aromatic carbocycles. The van der Waals surface area contributed by atoms with Gasteiger partial charge >= 0.3 is 6.18 Å². The van der Waals surface area contributed by atoms with Gasteiger partial charge in [-0.15, -0.1) is 0 Å². The summed E-state index contributed by atoms with van der Waals surface area (Å²) < 4.78 is 50.2. The third-order valence-corrected chi connectivity index (χ3v) is 6.31. The zero-order valence-electron chi connectivity index (χ0n) is 18.7. The van der Waals surface area contributed by atoms with E-state index in [1.165, 1.54) is 13.2 Å². The highest BCUT2D eigenvalue weighted by molar-refractivity contribution is 6.04. The van der Waals surface area contributed by atoms with Crippen molar-refractivity contribution in [2.24, 2.45) is 11.8 Å². The van der Waals surface area contributed by atoms with Crippen LogP contribution in [0.15, 0.2) is 34.7 Å². The van der Waals surface area contributed by atoms with Crippen molar-refractivity contribution >= 4 is 22.7 Å². The van der Waals surface area contributed by atoms with Gasteiger partial charge in [0.15, 0.2) is 11.5 Å². The van der Waals surface area contributed by atoms with Crippen LogP contribution in [0.2, 0.25) is 0 Å². The van der Waals surface area contributed by atoms with Crippen molar-refractivity contribution < 1.29 is 27.1 Å². The average molecular weight is 461 g/mol. The summed E-state index contributed by atoms with van der Waals surface area (Å²) in [6.07, 6.45) is -0.349. The number of ether oxygens (including phenoxy) is 1. The zero-order valence-corrected chi connectivity index (χ0v) is 18.7. The number of carbonyl (C=O) groups excluding carboxylic acids is 1. The van der Waals surface area contributed by atoms with Gasteiger partial charge in [0, 0.05) is 18.1 Å². The SMILES string of the molecule is COc1cc2nc([C@H]3CC[C@H](C(C)C)CC3)oc2cc1NC(=O)c1cccc(C(F)(F)F)n1. The minimum atomic E-state index is -4.64. The average Bonchev–Trinajstić information content (AvgIpc) is 3.21. The molecule has 0 atom stereocenters. The second-order valence-corrected chi connectivity index (χ2v) is 8.79. The van der Waals surface area contributed by atoms with E-state index in [1.807, 2.05) is 0 Å². The molecule has 0 aliphatic heterocycles. The number of amides is 1. The molecular formula is C24H26F3N3O3. The van der Waals surface area contributed by atoms with Crippen LogP contribution in [0.25, 0.3) is 11.1 Å². The number of carbonyl (C=O) groups is 1. The van der Waals surface area contributed by atoms with Crippen molar-refractivity contribution in [1.82, 2.24) is 9.97 Å².